The van der Waals surface area contributed by atoms with Crippen LogP contribution in [0.3, 0.4) is 0 Å². The molecule has 4 N–H and O–H groups in total. The van der Waals surface area contributed by atoms with E-state index < -0.39 is 0 Å². The van der Waals surface area contributed by atoms with Gasteiger partial charge in [-0.1, -0.05) is 13.8 Å². The van der Waals surface area contributed by atoms with Gasteiger partial charge in [-0.05, 0) is 39.0 Å². The molecule has 1 rings (SSSR count). The SMILES string of the molecule is CCNC(=NCCC(OCC)C(C)C)NC1CCN(C(N)=O)CC1. The average Bonchev–Trinajstić information content (AvgIpc) is 2.54. The van der Waals surface area contributed by atoms with E-state index >= 15 is 0 Å². The van der Waals surface area contributed by atoms with E-state index in [1.54, 1.807) is 4.90 Å². The Morgan fingerprint density at radius 2 is 2.00 bits per heavy atom. The molecule has 1 atom stereocenters. The molecule has 140 valence electrons. The van der Waals surface area contributed by atoms with Crippen molar-refractivity contribution in [3.63, 3.8) is 0 Å². The van der Waals surface area contributed by atoms with E-state index in [9.17, 15) is 4.79 Å². The molecule has 0 aliphatic carbocycles. The van der Waals surface area contributed by atoms with Gasteiger partial charge in [0.05, 0.1) is 6.10 Å². The minimum absolute atomic E-state index is 0.250. The number of nitrogens with one attached hydrogen (secondary N) is 2. The molecule has 0 saturated carbocycles. The molecule has 0 aromatic rings. The predicted molar refractivity (Wildman–Crippen MR) is 98.2 cm³/mol. The van der Waals surface area contributed by atoms with Gasteiger partial charge in [-0.3, -0.25) is 4.99 Å². The molecule has 7 heteroatoms. The van der Waals surface area contributed by atoms with E-state index in [0.29, 0.717) is 25.0 Å². The molecule has 1 saturated heterocycles. The van der Waals surface area contributed by atoms with E-state index in [4.69, 9.17) is 10.5 Å². The quantitative estimate of drug-likeness (QED) is 0.461. The highest BCUT2D eigenvalue weighted by Crippen LogP contribution is 2.11. The number of guanidine groups is 1. The van der Waals surface area contributed by atoms with Crippen molar-refractivity contribution in [2.45, 2.75) is 59.1 Å². The monoisotopic (exact) mass is 341 g/mol. The Hall–Kier alpha value is -1.50. The topological polar surface area (TPSA) is 92.0 Å². The Bertz CT molecular complexity index is 392. The van der Waals surface area contributed by atoms with Crippen LogP contribution in [0.1, 0.15) is 47.0 Å². The summed E-state index contributed by atoms with van der Waals surface area (Å²) in [6, 6.07) is -0.00383. The third-order valence-corrected chi connectivity index (χ3v) is 4.30. The van der Waals surface area contributed by atoms with Crippen LogP contribution in [-0.2, 0) is 4.74 Å². The van der Waals surface area contributed by atoms with E-state index in [-0.39, 0.29) is 12.1 Å². The molecule has 2 amide bonds. The number of nitrogens with two attached hydrogens (primary N) is 1. The Labute approximate surface area is 146 Å². The van der Waals surface area contributed by atoms with Crippen LogP contribution in [0.25, 0.3) is 0 Å². The van der Waals surface area contributed by atoms with Crippen LogP contribution in [0.4, 0.5) is 4.79 Å². The van der Waals surface area contributed by atoms with Crippen LogP contribution in [0.15, 0.2) is 4.99 Å². The van der Waals surface area contributed by atoms with Crippen LogP contribution in [0.2, 0.25) is 0 Å². The number of carbonyl (C=O) groups excluding carboxylic acids is 1. The first kappa shape index (κ1) is 20.5. The van der Waals surface area contributed by atoms with E-state index in [2.05, 4.69) is 36.4 Å². The number of nitrogens with zero attached hydrogens (tertiary/aromatic N) is 2. The predicted octanol–water partition coefficient (Wildman–Crippen LogP) is 1.54. The molecule has 0 aromatic heterocycles. The number of urea groups is 1. The summed E-state index contributed by atoms with van der Waals surface area (Å²) in [6.07, 6.45) is 2.95. The fourth-order valence-corrected chi connectivity index (χ4v) is 2.88. The first-order chi connectivity index (χ1) is 11.5. The minimum Gasteiger partial charge on any atom is -0.378 e. The maximum absolute atomic E-state index is 11.2. The number of ether oxygens (including phenoxy) is 1. The second-order valence-electron chi connectivity index (χ2n) is 6.53. The van der Waals surface area contributed by atoms with E-state index in [1.165, 1.54) is 0 Å². The maximum atomic E-state index is 11.2. The van der Waals surface area contributed by atoms with Crippen molar-refractivity contribution in [2.24, 2.45) is 16.6 Å². The molecule has 1 aliphatic heterocycles. The van der Waals surface area contributed by atoms with Gasteiger partial charge in [0.25, 0.3) is 0 Å². The number of piperidine rings is 1. The van der Waals surface area contributed by atoms with Crippen LogP contribution in [-0.4, -0.2) is 61.8 Å². The number of primary amides is 1. The fraction of sp³-hybridized carbons (Fsp3) is 0.882. The van der Waals surface area contributed by atoms with Crippen LogP contribution in [0, 0.1) is 5.92 Å². The van der Waals surface area contributed by atoms with Gasteiger partial charge in [-0.25, -0.2) is 4.79 Å². The molecule has 0 radical (unpaired) electrons. The van der Waals surface area contributed by atoms with Crippen molar-refractivity contribution in [1.82, 2.24) is 15.5 Å². The molecular weight excluding hydrogens is 306 g/mol. The van der Waals surface area contributed by atoms with Crippen molar-refractivity contribution < 1.29 is 9.53 Å². The first-order valence-corrected chi connectivity index (χ1v) is 9.18. The van der Waals surface area contributed by atoms with Crippen molar-refractivity contribution in [3.05, 3.63) is 0 Å². The molecule has 0 spiro atoms. The second-order valence-corrected chi connectivity index (χ2v) is 6.53. The zero-order valence-corrected chi connectivity index (χ0v) is 15.7. The van der Waals surface area contributed by atoms with Gasteiger partial charge in [0, 0.05) is 38.8 Å². The fourth-order valence-electron chi connectivity index (χ4n) is 2.88. The van der Waals surface area contributed by atoms with Gasteiger partial charge in [0.1, 0.15) is 0 Å². The minimum atomic E-state index is -0.329. The Morgan fingerprint density at radius 1 is 1.33 bits per heavy atom. The molecular formula is C17H35N5O2. The van der Waals surface area contributed by atoms with Gasteiger partial charge in [-0.2, -0.15) is 0 Å². The lowest BCUT2D eigenvalue weighted by Crippen LogP contribution is -2.50. The third kappa shape index (κ3) is 7.38. The largest absolute Gasteiger partial charge is 0.378 e. The molecule has 0 bridgehead atoms. The molecule has 7 nitrogen and oxygen atoms in total. The van der Waals surface area contributed by atoms with Crippen molar-refractivity contribution in [2.75, 3.05) is 32.8 Å². The molecule has 1 unspecified atom stereocenters. The number of aliphatic imine (C=N–C) groups is 1. The molecule has 1 heterocycles. The number of hydrogen-bond acceptors (Lipinski definition) is 3. The molecule has 1 aliphatic rings. The van der Waals surface area contributed by atoms with E-state index in [1.807, 2.05) is 6.92 Å². The molecule has 1 fully saturated rings. The lowest BCUT2D eigenvalue weighted by atomic mass is 10.0. The van der Waals surface area contributed by atoms with Gasteiger partial charge >= 0.3 is 6.03 Å². The number of rotatable bonds is 8. The standard InChI is InChI=1S/C17H35N5O2/c1-5-19-17(20-10-7-15(13(3)4)24-6-2)21-14-8-11-22(12-9-14)16(18)23/h13-15H,5-12H2,1-4H3,(H2,18,23)(H2,19,20,21). The Morgan fingerprint density at radius 3 is 2.50 bits per heavy atom. The van der Waals surface area contributed by atoms with Crippen molar-refractivity contribution >= 4 is 12.0 Å². The summed E-state index contributed by atoms with van der Waals surface area (Å²) < 4.78 is 5.77. The smallest absolute Gasteiger partial charge is 0.314 e. The number of hydrogen-bond donors (Lipinski definition) is 3. The summed E-state index contributed by atoms with van der Waals surface area (Å²) in [5.41, 5.74) is 5.32. The number of amides is 2. The summed E-state index contributed by atoms with van der Waals surface area (Å²) in [6.45, 7) is 12.2. The van der Waals surface area contributed by atoms with Crippen molar-refractivity contribution in [1.29, 1.82) is 0 Å². The number of carbonyl (C=O) groups is 1. The lowest BCUT2D eigenvalue weighted by molar-refractivity contribution is 0.0266. The summed E-state index contributed by atoms with van der Waals surface area (Å²) >= 11 is 0. The average molecular weight is 342 g/mol. The van der Waals surface area contributed by atoms with Gasteiger partial charge in [-0.15, -0.1) is 0 Å². The number of likely N-dealkylation sites (tertiary alicyclic amines) is 1. The van der Waals surface area contributed by atoms with E-state index in [0.717, 1.165) is 44.9 Å². The summed E-state index contributed by atoms with van der Waals surface area (Å²) in [4.78, 5) is 17.5. The summed E-state index contributed by atoms with van der Waals surface area (Å²) in [5, 5.41) is 6.76. The normalized spacial score (nSPS) is 17.9. The Balaban J connectivity index is 2.46. The summed E-state index contributed by atoms with van der Waals surface area (Å²) in [7, 11) is 0. The highest BCUT2D eigenvalue weighted by atomic mass is 16.5. The van der Waals surface area contributed by atoms with Gasteiger partial charge < -0.3 is 26.0 Å². The van der Waals surface area contributed by atoms with Gasteiger partial charge in [0.2, 0.25) is 0 Å². The van der Waals surface area contributed by atoms with Gasteiger partial charge in [0.15, 0.2) is 5.96 Å². The highest BCUT2D eigenvalue weighted by Gasteiger charge is 2.21. The second kappa shape index (κ2) is 11.1. The zero-order chi connectivity index (χ0) is 17.9. The Kier molecular flexibility index (Phi) is 9.52. The zero-order valence-electron chi connectivity index (χ0n) is 15.7. The third-order valence-electron chi connectivity index (χ3n) is 4.30. The lowest BCUT2D eigenvalue weighted by Gasteiger charge is -2.32. The van der Waals surface area contributed by atoms with Crippen molar-refractivity contribution in [3.8, 4) is 0 Å². The van der Waals surface area contributed by atoms with Crippen LogP contribution in [0.5, 0.6) is 0 Å². The molecule has 0 aromatic carbocycles. The first-order valence-electron chi connectivity index (χ1n) is 9.18. The molecule has 24 heavy (non-hydrogen) atoms. The summed E-state index contributed by atoms with van der Waals surface area (Å²) in [5.74, 6) is 1.34. The van der Waals surface area contributed by atoms with Crippen LogP contribution >= 0.6 is 0 Å². The highest BCUT2D eigenvalue weighted by molar-refractivity contribution is 5.80. The van der Waals surface area contributed by atoms with Crippen LogP contribution < -0.4 is 16.4 Å². The maximum Gasteiger partial charge on any atom is 0.314 e.